The zero-order chi connectivity index (χ0) is 27.9. The second kappa shape index (κ2) is 12.2. The van der Waals surface area contributed by atoms with E-state index in [0.717, 1.165) is 11.5 Å². The third-order valence-electron chi connectivity index (χ3n) is 5.51. The number of nitrogens with zero attached hydrogens (tertiary/aromatic N) is 6. The Morgan fingerprint density at radius 3 is 1.92 bits per heavy atom. The summed E-state index contributed by atoms with van der Waals surface area (Å²) >= 11 is 0. The van der Waals surface area contributed by atoms with Crippen LogP contribution in [0.3, 0.4) is 0 Å². The van der Waals surface area contributed by atoms with Gasteiger partial charge in [0.1, 0.15) is 0 Å². The van der Waals surface area contributed by atoms with Crippen molar-refractivity contribution in [2.75, 3.05) is 24.8 Å². The average molecular weight is 537 g/mol. The number of carbonyl (C=O) groups is 1. The molecule has 0 aliphatic rings. The number of anilines is 1. The molecule has 4 aromatic rings. The fourth-order valence-electron chi connectivity index (χ4n) is 3.27. The van der Waals surface area contributed by atoms with E-state index in [2.05, 4.69) is 15.3 Å². The van der Waals surface area contributed by atoms with Gasteiger partial charge in [0.05, 0.1) is 16.3 Å². The molecule has 0 spiro atoms. The van der Waals surface area contributed by atoms with Gasteiger partial charge in [-0.2, -0.15) is 18.6 Å². The topological polar surface area (TPSA) is 147 Å². The number of aromatic nitrogens is 3. The minimum atomic E-state index is -4.18. The van der Waals surface area contributed by atoms with Gasteiger partial charge in [0.25, 0.3) is 21.8 Å². The van der Waals surface area contributed by atoms with Crippen LogP contribution in [0.1, 0.15) is 22.0 Å². The lowest BCUT2D eigenvalue weighted by Crippen LogP contribution is -2.48. The molecular formula is C26H30N7O4S+. The van der Waals surface area contributed by atoms with Crippen molar-refractivity contribution in [3.63, 3.8) is 0 Å². The van der Waals surface area contributed by atoms with E-state index in [0.29, 0.717) is 22.8 Å². The molecule has 0 amide bonds. The van der Waals surface area contributed by atoms with Crippen LogP contribution in [0.2, 0.25) is 0 Å². The van der Waals surface area contributed by atoms with Crippen LogP contribution < -0.4 is 15.4 Å². The molecule has 0 aliphatic heterocycles. The van der Waals surface area contributed by atoms with Crippen LogP contribution in [0.15, 0.2) is 94.0 Å². The highest BCUT2D eigenvalue weighted by Gasteiger charge is 2.20. The van der Waals surface area contributed by atoms with Crippen molar-refractivity contribution in [1.29, 1.82) is 0 Å². The summed E-state index contributed by atoms with van der Waals surface area (Å²) in [6.07, 6.45) is 0. The van der Waals surface area contributed by atoms with Crippen LogP contribution in [-0.4, -0.2) is 42.6 Å². The molecule has 0 unspecified atom stereocenters. The van der Waals surface area contributed by atoms with Crippen molar-refractivity contribution in [2.24, 2.45) is 10.2 Å². The summed E-state index contributed by atoms with van der Waals surface area (Å²) in [5, 5.41) is 12.3. The van der Waals surface area contributed by atoms with Crippen LogP contribution in [-0.2, 0) is 16.7 Å². The molecule has 1 aromatic heterocycles. The summed E-state index contributed by atoms with van der Waals surface area (Å²) in [7, 11) is -0.273. The predicted octanol–water partition coefficient (Wildman–Crippen LogP) is 3.80. The number of Topliss-reactive ketones (excluding diaryl/α,β-unsaturated/α-hetero) is 1. The third kappa shape index (κ3) is 7.54. The number of nitrogens with two attached hydrogens (primary N) is 1. The number of benzene rings is 3. The molecule has 3 aromatic carbocycles. The van der Waals surface area contributed by atoms with Gasteiger partial charge in [-0.05, 0) is 48.5 Å². The molecular weight excluding hydrogens is 506 g/mol. The first-order chi connectivity index (χ1) is 18.0. The molecule has 4 rings (SSSR count). The Morgan fingerprint density at radius 1 is 0.947 bits per heavy atom. The standard InChI is InChI=1S/C14H15N3O3S.C12H15N4O/c1-17(2)13-7-3-11(4-8-13)15-16-12-5-9-14(10-6-12)21(18,19)20;1-9-14-15(10(2)16(9)13)8-12(17)11-6-4-3-5-7-11/h3-10H,1-2H3,(H,18,19,20);3-7H,8,13H2,1-2H3/q;+1. The molecule has 0 atom stereocenters. The third-order valence-corrected chi connectivity index (χ3v) is 6.37. The normalized spacial score (nSPS) is 11.2. The van der Waals surface area contributed by atoms with Gasteiger partial charge in [0.2, 0.25) is 0 Å². The van der Waals surface area contributed by atoms with E-state index in [1.165, 1.54) is 28.9 Å². The lowest BCUT2D eigenvalue weighted by Gasteiger charge is -2.11. The summed E-state index contributed by atoms with van der Waals surface area (Å²) in [5.74, 6) is 7.20. The van der Waals surface area contributed by atoms with Crippen molar-refractivity contribution < 1.29 is 22.4 Å². The van der Waals surface area contributed by atoms with Crippen molar-refractivity contribution >= 4 is 33.0 Å². The van der Waals surface area contributed by atoms with Crippen LogP contribution >= 0.6 is 0 Å². The first kappa shape index (κ1) is 28.2. The quantitative estimate of drug-likeness (QED) is 0.120. The zero-order valence-electron chi connectivity index (χ0n) is 21.6. The molecule has 12 heteroatoms. The second-order valence-corrected chi connectivity index (χ2v) is 9.91. The Hall–Kier alpha value is -4.42. The average Bonchev–Trinajstić information content (AvgIpc) is 3.14. The number of hydrogen-bond acceptors (Lipinski definition) is 8. The molecule has 0 fully saturated rings. The maximum absolute atomic E-state index is 12.0. The van der Waals surface area contributed by atoms with E-state index in [9.17, 15) is 13.2 Å². The monoisotopic (exact) mass is 536 g/mol. The van der Waals surface area contributed by atoms with Gasteiger partial charge in [0, 0.05) is 44.3 Å². The fourth-order valence-corrected chi connectivity index (χ4v) is 3.75. The van der Waals surface area contributed by atoms with Crippen LogP contribution in [0.25, 0.3) is 0 Å². The van der Waals surface area contributed by atoms with Gasteiger partial charge >= 0.3 is 0 Å². The molecule has 11 nitrogen and oxygen atoms in total. The maximum Gasteiger partial charge on any atom is 0.295 e. The highest BCUT2D eigenvalue weighted by molar-refractivity contribution is 7.85. The second-order valence-electron chi connectivity index (χ2n) is 8.49. The Bertz CT molecular complexity index is 1510. The molecule has 0 aliphatic carbocycles. The van der Waals surface area contributed by atoms with E-state index < -0.39 is 10.1 Å². The maximum atomic E-state index is 12.0. The molecule has 0 saturated carbocycles. The van der Waals surface area contributed by atoms with Crippen molar-refractivity contribution in [3.8, 4) is 0 Å². The van der Waals surface area contributed by atoms with E-state index in [-0.39, 0.29) is 17.2 Å². The molecule has 0 radical (unpaired) electrons. The molecule has 38 heavy (non-hydrogen) atoms. The van der Waals surface area contributed by atoms with E-state index >= 15 is 0 Å². The summed E-state index contributed by atoms with van der Waals surface area (Å²) in [6.45, 7) is 3.84. The van der Waals surface area contributed by atoms with Gasteiger partial charge < -0.3 is 4.90 Å². The Morgan fingerprint density at radius 2 is 1.47 bits per heavy atom. The van der Waals surface area contributed by atoms with Crippen LogP contribution in [0.5, 0.6) is 0 Å². The highest BCUT2D eigenvalue weighted by atomic mass is 32.2. The van der Waals surface area contributed by atoms with Gasteiger partial charge in [-0.25, -0.2) is 0 Å². The van der Waals surface area contributed by atoms with E-state index in [1.54, 1.807) is 23.7 Å². The number of azo groups is 1. The smallest absolute Gasteiger partial charge is 0.295 e. The number of aryl methyl sites for hydroxylation is 1. The van der Waals surface area contributed by atoms with Crippen LogP contribution in [0, 0.1) is 13.8 Å². The molecule has 0 bridgehead atoms. The van der Waals surface area contributed by atoms with E-state index in [4.69, 9.17) is 10.4 Å². The SMILES string of the molecule is CN(C)c1ccc(N=Nc2ccc(S(=O)(=O)O)cc2)cc1.Cc1nn(CC(=O)c2ccccc2)c(C)[n+]1N. The summed E-state index contributed by atoms with van der Waals surface area (Å²) in [5.41, 5.74) is 2.94. The molecule has 0 saturated heterocycles. The first-order valence-electron chi connectivity index (χ1n) is 11.5. The van der Waals surface area contributed by atoms with Crippen molar-refractivity contribution in [1.82, 2.24) is 9.78 Å². The van der Waals surface area contributed by atoms with Gasteiger partial charge in [0.15, 0.2) is 12.3 Å². The molecule has 1 heterocycles. The Balaban J connectivity index is 0.000000215. The summed E-state index contributed by atoms with van der Waals surface area (Å²) in [6, 6.07) is 22.2. The lowest BCUT2D eigenvalue weighted by molar-refractivity contribution is -0.652. The largest absolute Gasteiger partial charge is 0.378 e. The first-order valence-corrected chi connectivity index (χ1v) is 13.0. The van der Waals surface area contributed by atoms with E-state index in [1.807, 2.05) is 68.4 Å². The zero-order valence-corrected chi connectivity index (χ0v) is 22.4. The van der Waals surface area contributed by atoms with Gasteiger partial charge in [-0.1, -0.05) is 30.3 Å². The molecule has 198 valence electrons. The number of carbonyl (C=O) groups excluding carboxylic acids is 1. The van der Waals surface area contributed by atoms with Crippen molar-refractivity contribution in [3.05, 3.63) is 96.1 Å². The number of rotatable bonds is 7. The number of hydrogen-bond donors (Lipinski definition) is 2. The summed E-state index contributed by atoms with van der Waals surface area (Å²) < 4.78 is 33.8. The summed E-state index contributed by atoms with van der Waals surface area (Å²) in [4.78, 5) is 13.8. The fraction of sp³-hybridized carbons (Fsp3) is 0.192. The van der Waals surface area contributed by atoms with Crippen molar-refractivity contribution in [2.45, 2.75) is 25.3 Å². The number of ketones is 1. The van der Waals surface area contributed by atoms with Gasteiger partial charge in [-0.3, -0.25) is 15.2 Å². The minimum Gasteiger partial charge on any atom is -0.378 e. The lowest BCUT2D eigenvalue weighted by atomic mass is 10.1. The minimum absolute atomic E-state index is 0.0248. The Kier molecular flexibility index (Phi) is 9.05. The Labute approximate surface area is 221 Å². The number of nitrogen functional groups attached to an aromatic ring is 1. The highest BCUT2D eigenvalue weighted by Crippen LogP contribution is 2.22. The van der Waals surface area contributed by atoms with Crippen LogP contribution in [0.4, 0.5) is 17.1 Å². The van der Waals surface area contributed by atoms with Gasteiger partial charge in [-0.15, -0.1) is 9.36 Å². The molecule has 3 N–H and O–H groups in total. The predicted molar refractivity (Wildman–Crippen MR) is 144 cm³/mol.